The number of nitrogens with two attached hydrogens (primary N) is 1. The van der Waals surface area contributed by atoms with E-state index < -0.39 is 0 Å². The van der Waals surface area contributed by atoms with Gasteiger partial charge in [0.25, 0.3) is 0 Å². The molecule has 2 aromatic rings. The molecular formula is C16H21N3. The van der Waals surface area contributed by atoms with Crippen molar-refractivity contribution in [3.05, 3.63) is 29.6 Å². The minimum Gasteiger partial charge on any atom is -0.328 e. The normalized spacial score (nSPS) is 21.7. The largest absolute Gasteiger partial charge is 0.328 e. The Bertz CT molecular complexity index is 620. The quantitative estimate of drug-likeness (QED) is 0.851. The zero-order valence-corrected chi connectivity index (χ0v) is 11.4. The highest BCUT2D eigenvalue weighted by molar-refractivity contribution is 5.77. The molecule has 100 valence electrons. The Morgan fingerprint density at radius 3 is 2.79 bits per heavy atom. The van der Waals surface area contributed by atoms with Crippen LogP contribution >= 0.6 is 0 Å². The molecule has 4 rings (SSSR count). The first kappa shape index (κ1) is 11.5. The minimum absolute atomic E-state index is 0.101. The average molecular weight is 255 g/mol. The van der Waals surface area contributed by atoms with Crippen LogP contribution in [0.25, 0.3) is 11.0 Å². The van der Waals surface area contributed by atoms with Crippen LogP contribution in [0.5, 0.6) is 0 Å². The van der Waals surface area contributed by atoms with Crippen LogP contribution in [0.3, 0.4) is 0 Å². The summed E-state index contributed by atoms with van der Waals surface area (Å²) in [5.41, 5.74) is 10.3. The number of hydrogen-bond donors (Lipinski definition) is 1. The van der Waals surface area contributed by atoms with E-state index in [1.807, 2.05) is 0 Å². The second-order valence-corrected chi connectivity index (χ2v) is 6.20. The van der Waals surface area contributed by atoms with Gasteiger partial charge in [-0.25, -0.2) is 4.98 Å². The fourth-order valence-corrected chi connectivity index (χ4v) is 3.79. The molecule has 1 aliphatic heterocycles. The van der Waals surface area contributed by atoms with E-state index in [0.29, 0.717) is 0 Å². The number of fused-ring (bicyclic) bond motifs is 3. The van der Waals surface area contributed by atoms with Gasteiger partial charge in [0.05, 0.1) is 11.0 Å². The van der Waals surface area contributed by atoms with Gasteiger partial charge < -0.3 is 10.3 Å². The summed E-state index contributed by atoms with van der Waals surface area (Å²) in [7, 11) is 0. The zero-order chi connectivity index (χ0) is 12.9. The fourth-order valence-electron chi connectivity index (χ4n) is 3.79. The van der Waals surface area contributed by atoms with Gasteiger partial charge in [-0.15, -0.1) is 0 Å². The van der Waals surface area contributed by atoms with Crippen LogP contribution in [0.4, 0.5) is 0 Å². The van der Waals surface area contributed by atoms with Crippen molar-refractivity contribution in [2.75, 3.05) is 0 Å². The van der Waals surface area contributed by atoms with E-state index in [4.69, 9.17) is 10.7 Å². The van der Waals surface area contributed by atoms with Crippen molar-refractivity contribution in [3.63, 3.8) is 0 Å². The molecule has 1 aromatic carbocycles. The van der Waals surface area contributed by atoms with Gasteiger partial charge in [-0.1, -0.05) is 25.3 Å². The maximum absolute atomic E-state index is 6.66. The van der Waals surface area contributed by atoms with E-state index in [2.05, 4.69) is 22.8 Å². The number of benzene rings is 1. The Balaban J connectivity index is 1.82. The molecule has 2 N–H and O–H groups in total. The van der Waals surface area contributed by atoms with Gasteiger partial charge in [0.1, 0.15) is 5.82 Å². The number of aromatic nitrogens is 2. The molecular weight excluding hydrogens is 234 g/mol. The number of nitrogens with zero attached hydrogens (tertiary/aromatic N) is 2. The lowest BCUT2D eigenvalue weighted by atomic mass is 9.77. The molecule has 1 saturated carbocycles. The number of imidazole rings is 1. The molecule has 0 radical (unpaired) electrons. The van der Waals surface area contributed by atoms with Crippen molar-refractivity contribution in [3.8, 4) is 0 Å². The fraction of sp³-hybridized carbons (Fsp3) is 0.562. The average Bonchev–Trinajstić information content (AvgIpc) is 2.99. The van der Waals surface area contributed by atoms with E-state index >= 15 is 0 Å². The van der Waals surface area contributed by atoms with Gasteiger partial charge in [0.2, 0.25) is 0 Å². The van der Waals surface area contributed by atoms with Crippen molar-refractivity contribution in [2.45, 2.75) is 57.0 Å². The first-order chi connectivity index (χ1) is 9.26. The van der Waals surface area contributed by atoms with E-state index in [0.717, 1.165) is 31.3 Å². The van der Waals surface area contributed by atoms with Crippen molar-refractivity contribution in [2.24, 2.45) is 5.73 Å². The van der Waals surface area contributed by atoms with Crippen molar-refractivity contribution in [1.82, 2.24) is 9.55 Å². The van der Waals surface area contributed by atoms with E-state index in [1.165, 1.54) is 42.6 Å². The predicted molar refractivity (Wildman–Crippen MR) is 77.0 cm³/mol. The van der Waals surface area contributed by atoms with Gasteiger partial charge in [0.15, 0.2) is 0 Å². The van der Waals surface area contributed by atoms with Gasteiger partial charge >= 0.3 is 0 Å². The molecule has 0 amide bonds. The highest BCUT2D eigenvalue weighted by atomic mass is 15.1. The third-order valence-corrected chi connectivity index (χ3v) is 4.93. The molecule has 0 unspecified atom stereocenters. The summed E-state index contributed by atoms with van der Waals surface area (Å²) >= 11 is 0. The Kier molecular flexibility index (Phi) is 2.46. The Labute approximate surface area is 113 Å². The summed E-state index contributed by atoms with van der Waals surface area (Å²) in [6.07, 6.45) is 8.47. The van der Waals surface area contributed by atoms with Gasteiger partial charge in [-0.05, 0) is 37.0 Å². The van der Waals surface area contributed by atoms with Gasteiger partial charge in [-0.2, -0.15) is 0 Å². The van der Waals surface area contributed by atoms with E-state index in [1.54, 1.807) is 0 Å². The molecule has 0 spiro atoms. The predicted octanol–water partition coefficient (Wildman–Crippen LogP) is 3.10. The Hall–Kier alpha value is -1.35. The first-order valence-corrected chi connectivity index (χ1v) is 7.55. The molecule has 0 atom stereocenters. The molecule has 0 bridgehead atoms. The lowest BCUT2D eigenvalue weighted by molar-refractivity contribution is 0.302. The Morgan fingerprint density at radius 1 is 1.11 bits per heavy atom. The van der Waals surface area contributed by atoms with E-state index in [9.17, 15) is 0 Å². The molecule has 19 heavy (non-hydrogen) atoms. The summed E-state index contributed by atoms with van der Waals surface area (Å²) in [5.74, 6) is 1.25. The zero-order valence-electron chi connectivity index (χ0n) is 11.4. The topological polar surface area (TPSA) is 43.8 Å². The Morgan fingerprint density at radius 2 is 1.95 bits per heavy atom. The lowest BCUT2D eigenvalue weighted by Crippen LogP contribution is -2.38. The van der Waals surface area contributed by atoms with Crippen LogP contribution in [0.1, 0.15) is 49.9 Å². The molecule has 1 aliphatic carbocycles. The summed E-state index contributed by atoms with van der Waals surface area (Å²) in [6.45, 7) is 1.12. The molecule has 3 heteroatoms. The molecule has 2 heterocycles. The molecule has 1 aromatic heterocycles. The number of hydrogen-bond acceptors (Lipinski definition) is 2. The van der Waals surface area contributed by atoms with Crippen molar-refractivity contribution in [1.29, 1.82) is 0 Å². The maximum Gasteiger partial charge on any atom is 0.109 e. The van der Waals surface area contributed by atoms with Crippen molar-refractivity contribution >= 4 is 11.0 Å². The first-order valence-electron chi connectivity index (χ1n) is 7.55. The van der Waals surface area contributed by atoms with Crippen LogP contribution < -0.4 is 5.73 Å². The van der Waals surface area contributed by atoms with Gasteiger partial charge in [-0.3, -0.25) is 0 Å². The smallest absolute Gasteiger partial charge is 0.109 e. The highest BCUT2D eigenvalue weighted by Crippen LogP contribution is 2.36. The second kappa shape index (κ2) is 4.07. The molecule has 3 nitrogen and oxygen atoms in total. The maximum atomic E-state index is 6.66. The summed E-state index contributed by atoms with van der Waals surface area (Å²) in [5, 5.41) is 0. The molecule has 0 saturated heterocycles. The third-order valence-electron chi connectivity index (χ3n) is 4.93. The number of rotatable bonds is 1. The van der Waals surface area contributed by atoms with Crippen LogP contribution in [-0.2, 0) is 18.5 Å². The summed E-state index contributed by atoms with van der Waals surface area (Å²) < 4.78 is 2.38. The van der Waals surface area contributed by atoms with Crippen molar-refractivity contribution < 1.29 is 0 Å². The second-order valence-electron chi connectivity index (χ2n) is 6.20. The summed E-state index contributed by atoms with van der Waals surface area (Å²) in [6, 6.07) is 6.68. The summed E-state index contributed by atoms with van der Waals surface area (Å²) in [4.78, 5) is 4.72. The van der Waals surface area contributed by atoms with Crippen LogP contribution in [-0.4, -0.2) is 9.55 Å². The minimum atomic E-state index is -0.101. The number of aryl methyl sites for hydroxylation is 2. The highest BCUT2D eigenvalue weighted by Gasteiger charge is 2.30. The molecule has 1 fully saturated rings. The van der Waals surface area contributed by atoms with Crippen LogP contribution in [0, 0.1) is 0 Å². The van der Waals surface area contributed by atoms with E-state index in [-0.39, 0.29) is 5.54 Å². The monoisotopic (exact) mass is 255 g/mol. The molecule has 2 aliphatic rings. The van der Waals surface area contributed by atoms with Crippen LogP contribution in [0.2, 0.25) is 0 Å². The van der Waals surface area contributed by atoms with Crippen LogP contribution in [0.15, 0.2) is 18.2 Å². The third kappa shape index (κ3) is 1.71. The SMILES string of the molecule is NC1(c2ccc3nc4n(c3c2)CCC4)CCCCC1. The van der Waals surface area contributed by atoms with Gasteiger partial charge in [0, 0.05) is 18.5 Å². The lowest BCUT2D eigenvalue weighted by Gasteiger charge is -2.34. The standard InChI is InChI=1S/C16H21N3/c17-16(8-2-1-3-9-16)12-6-7-13-14(11-12)19-10-4-5-15(19)18-13/h6-7,11H,1-5,8-10,17H2.